The smallest absolute Gasteiger partial charge is 0.260 e. The van der Waals surface area contributed by atoms with E-state index in [2.05, 4.69) is 245 Å². The molecule has 0 amide bonds. The predicted octanol–water partition coefficient (Wildman–Crippen LogP) is 14.0. The zero-order valence-corrected chi connectivity index (χ0v) is 34.7. The van der Waals surface area contributed by atoms with Gasteiger partial charge in [-0.2, -0.15) is 0 Å². The van der Waals surface area contributed by atoms with Crippen molar-refractivity contribution in [3.8, 4) is 34.1 Å². The largest absolute Gasteiger partial charge is 0.458 e. The molecular weight excluding hydrogens is 781 g/mol. The van der Waals surface area contributed by atoms with Crippen LogP contribution in [0.3, 0.4) is 0 Å². The van der Waals surface area contributed by atoms with Crippen molar-refractivity contribution in [2.45, 2.75) is 0 Å². The van der Waals surface area contributed by atoms with Crippen LogP contribution in [0.15, 0.2) is 231 Å². The Bertz CT molecular complexity index is 3330. The molecule has 10 aromatic rings. The van der Waals surface area contributed by atoms with Crippen LogP contribution < -0.4 is 40.6 Å². The maximum absolute atomic E-state index is 7.24. The average Bonchev–Trinajstić information content (AvgIpc) is 3.36. The van der Waals surface area contributed by atoms with E-state index >= 15 is 0 Å². The van der Waals surface area contributed by atoms with Gasteiger partial charge in [0.05, 0.1) is 22.7 Å². The van der Waals surface area contributed by atoms with E-state index in [1.807, 2.05) is 0 Å². The first-order valence-corrected chi connectivity index (χ1v) is 21.8. The Labute approximate surface area is 372 Å². The summed E-state index contributed by atoms with van der Waals surface area (Å²) >= 11 is 0. The van der Waals surface area contributed by atoms with Gasteiger partial charge < -0.3 is 24.2 Å². The molecule has 300 valence electrons. The van der Waals surface area contributed by atoms with Crippen molar-refractivity contribution in [3.05, 3.63) is 231 Å². The normalized spacial score (nSPS) is 12.6. The molecule has 0 aliphatic carbocycles. The topological polar surface area (TPSA) is 28.2 Å². The fourth-order valence-electron chi connectivity index (χ4n) is 10.1. The monoisotopic (exact) mass is 819 g/mol. The van der Waals surface area contributed by atoms with Crippen molar-refractivity contribution in [2.24, 2.45) is 0 Å². The molecule has 0 unspecified atom stereocenters. The van der Waals surface area contributed by atoms with Gasteiger partial charge >= 0.3 is 0 Å². The second kappa shape index (κ2) is 14.6. The average molecular weight is 820 g/mol. The molecule has 3 aliphatic rings. The first kappa shape index (κ1) is 36.2. The third kappa shape index (κ3) is 5.66. The van der Waals surface area contributed by atoms with Crippen LogP contribution >= 0.6 is 0 Å². The van der Waals surface area contributed by atoms with E-state index in [-0.39, 0.29) is 6.71 Å². The second-order valence-electron chi connectivity index (χ2n) is 16.5. The van der Waals surface area contributed by atoms with E-state index in [1.54, 1.807) is 0 Å². The van der Waals surface area contributed by atoms with E-state index in [4.69, 9.17) is 9.47 Å². The van der Waals surface area contributed by atoms with Crippen molar-refractivity contribution < 1.29 is 9.47 Å². The molecule has 0 fully saturated rings. The molecule has 0 spiro atoms. The molecule has 0 bridgehead atoms. The van der Waals surface area contributed by atoms with Crippen molar-refractivity contribution in [1.82, 2.24) is 0 Å². The van der Waals surface area contributed by atoms with Gasteiger partial charge in [0.15, 0.2) is 0 Å². The molecular formula is C58H38BN3O2. The van der Waals surface area contributed by atoms with Gasteiger partial charge in [0.25, 0.3) is 6.71 Å². The van der Waals surface area contributed by atoms with E-state index in [1.165, 1.54) is 5.39 Å². The lowest BCUT2D eigenvalue weighted by Crippen LogP contribution is -2.57. The third-order valence-electron chi connectivity index (χ3n) is 12.8. The summed E-state index contributed by atoms with van der Waals surface area (Å²) in [5, 5.41) is 2.35. The van der Waals surface area contributed by atoms with E-state index in [9.17, 15) is 0 Å². The third-order valence-corrected chi connectivity index (χ3v) is 12.8. The summed E-state index contributed by atoms with van der Waals surface area (Å²) in [6.45, 7) is -0.123. The second-order valence-corrected chi connectivity index (χ2v) is 16.5. The minimum atomic E-state index is -0.123. The quantitative estimate of drug-likeness (QED) is 0.149. The Morgan fingerprint density at radius 3 is 1.53 bits per heavy atom. The van der Waals surface area contributed by atoms with E-state index in [0.29, 0.717) is 0 Å². The highest BCUT2D eigenvalue weighted by atomic mass is 16.5. The van der Waals surface area contributed by atoms with Crippen molar-refractivity contribution in [1.29, 1.82) is 0 Å². The fraction of sp³-hybridized carbons (Fsp3) is 0. The minimum Gasteiger partial charge on any atom is -0.458 e. The maximum atomic E-state index is 7.24. The van der Waals surface area contributed by atoms with Crippen LogP contribution in [0.25, 0.3) is 21.9 Å². The van der Waals surface area contributed by atoms with Crippen LogP contribution in [0.1, 0.15) is 0 Å². The van der Waals surface area contributed by atoms with Crippen molar-refractivity contribution >= 4 is 85.1 Å². The number of anilines is 9. The van der Waals surface area contributed by atoms with Gasteiger partial charge in [-0.1, -0.05) is 127 Å². The molecule has 64 heavy (non-hydrogen) atoms. The van der Waals surface area contributed by atoms with Gasteiger partial charge in [-0.25, -0.2) is 0 Å². The Kier molecular flexibility index (Phi) is 8.24. The SMILES string of the molecule is c1ccc(N(c2ccccc2)c2cc3c4c(c2)Oc2cc5c(cc2B4c2ccccc2O3)N(c2ccccc2)c2cccc3c(N(c4ccccc4)c4ccccc4)ccc-5c23)cc1. The molecule has 0 N–H and O–H groups in total. The van der Waals surface area contributed by atoms with Crippen molar-refractivity contribution in [2.75, 3.05) is 14.7 Å². The van der Waals surface area contributed by atoms with Gasteiger partial charge in [-0.15, -0.1) is 0 Å². The van der Waals surface area contributed by atoms with Gasteiger partial charge in [-0.3, -0.25) is 0 Å². The van der Waals surface area contributed by atoms with Crippen LogP contribution in [0.4, 0.5) is 51.2 Å². The van der Waals surface area contributed by atoms with Crippen molar-refractivity contribution in [3.63, 3.8) is 0 Å². The maximum Gasteiger partial charge on any atom is 0.260 e. The standard InChI is InChI=1S/C58H38BN3O2/c1-6-19-39(20-7-1)60(40-21-8-2-9-22-40)44-35-55-58-56(36-44)64-54-37-47-45-33-34-50(61(41-23-10-3-11-24-41)42-25-12-4-13-26-42)46-29-18-31-51(57(45)46)62(43-27-14-5-15-28-43)52(47)38-49(54)59(58)48-30-16-17-32-53(48)63-55/h1-38H. The highest BCUT2D eigenvalue weighted by Gasteiger charge is 2.42. The van der Waals surface area contributed by atoms with Gasteiger partial charge in [0.1, 0.15) is 23.0 Å². The lowest BCUT2D eigenvalue weighted by molar-refractivity contribution is 0.465. The molecule has 3 aliphatic heterocycles. The van der Waals surface area contributed by atoms with Crippen LogP contribution in [-0.2, 0) is 0 Å². The molecule has 0 saturated carbocycles. The molecule has 0 radical (unpaired) electrons. The highest BCUT2D eigenvalue weighted by molar-refractivity contribution is 6.98. The number of benzene rings is 10. The molecule has 6 heteroatoms. The number of ether oxygens (including phenoxy) is 2. The van der Waals surface area contributed by atoms with E-state index < -0.39 is 0 Å². The number of nitrogens with zero attached hydrogens (tertiary/aromatic N) is 3. The highest BCUT2D eigenvalue weighted by Crippen LogP contribution is 2.55. The molecule has 0 aromatic heterocycles. The summed E-state index contributed by atoms with van der Waals surface area (Å²) in [5.74, 6) is 3.26. The van der Waals surface area contributed by atoms with Crippen LogP contribution in [-0.4, -0.2) is 6.71 Å². The summed E-state index contributed by atoms with van der Waals surface area (Å²) in [6, 6.07) is 81.8. The Balaban J connectivity index is 1.05. The fourth-order valence-corrected chi connectivity index (χ4v) is 10.1. The Morgan fingerprint density at radius 2 is 0.906 bits per heavy atom. The summed E-state index contributed by atoms with van der Waals surface area (Å²) in [7, 11) is 0. The number of hydrogen-bond donors (Lipinski definition) is 0. The lowest BCUT2D eigenvalue weighted by atomic mass is 9.34. The summed E-state index contributed by atoms with van der Waals surface area (Å²) in [6.07, 6.45) is 0. The minimum absolute atomic E-state index is 0.123. The van der Waals surface area contributed by atoms with E-state index in [0.717, 1.165) is 107 Å². The molecule has 3 heterocycles. The molecule has 5 nitrogen and oxygen atoms in total. The van der Waals surface area contributed by atoms with Crippen LogP contribution in [0, 0.1) is 0 Å². The Morgan fingerprint density at radius 1 is 0.359 bits per heavy atom. The van der Waals surface area contributed by atoms with Crippen LogP contribution in [0.5, 0.6) is 23.0 Å². The summed E-state index contributed by atoms with van der Waals surface area (Å²) in [4.78, 5) is 7.07. The van der Waals surface area contributed by atoms with Crippen LogP contribution in [0.2, 0.25) is 0 Å². The summed E-state index contributed by atoms with van der Waals surface area (Å²) in [5.41, 5.74) is 15.2. The summed E-state index contributed by atoms with van der Waals surface area (Å²) < 4.78 is 14.1. The van der Waals surface area contributed by atoms with Gasteiger partial charge in [0, 0.05) is 62.4 Å². The number of para-hydroxylation sites is 6. The number of hydrogen-bond acceptors (Lipinski definition) is 5. The Hall–Kier alpha value is -8.48. The first-order chi connectivity index (χ1) is 31.8. The molecule has 0 saturated heterocycles. The first-order valence-electron chi connectivity index (χ1n) is 21.8. The molecule has 10 aromatic carbocycles. The number of fused-ring (bicyclic) bond motifs is 6. The predicted molar refractivity (Wildman–Crippen MR) is 265 cm³/mol. The zero-order valence-electron chi connectivity index (χ0n) is 34.7. The number of rotatable bonds is 7. The van der Waals surface area contributed by atoms with Gasteiger partial charge in [-0.05, 0) is 107 Å². The molecule has 13 rings (SSSR count). The lowest BCUT2D eigenvalue weighted by Gasteiger charge is -2.38. The van der Waals surface area contributed by atoms with Gasteiger partial charge in [0.2, 0.25) is 0 Å². The zero-order chi connectivity index (χ0) is 42.1. The molecule has 0 atom stereocenters.